The molecule has 0 aliphatic heterocycles. The highest BCUT2D eigenvalue weighted by Gasteiger charge is 2.15. The van der Waals surface area contributed by atoms with Gasteiger partial charge in [-0.05, 0) is 19.9 Å². The second kappa shape index (κ2) is 6.44. The van der Waals surface area contributed by atoms with Crippen molar-refractivity contribution in [1.29, 1.82) is 0 Å². The van der Waals surface area contributed by atoms with Crippen molar-refractivity contribution in [3.05, 3.63) is 36.0 Å². The van der Waals surface area contributed by atoms with Gasteiger partial charge < -0.3 is 4.74 Å². The molecule has 7 heteroatoms. The van der Waals surface area contributed by atoms with Gasteiger partial charge in [0.25, 0.3) is 0 Å². The van der Waals surface area contributed by atoms with Gasteiger partial charge in [-0.1, -0.05) is 0 Å². The molecule has 0 aliphatic carbocycles. The van der Waals surface area contributed by atoms with Gasteiger partial charge in [-0.25, -0.2) is 9.97 Å². The number of nitrogens with zero attached hydrogens (tertiary/aromatic N) is 4. The first kappa shape index (κ1) is 14.4. The van der Waals surface area contributed by atoms with Gasteiger partial charge in [0.1, 0.15) is 6.33 Å². The van der Waals surface area contributed by atoms with Crippen molar-refractivity contribution >= 4 is 0 Å². The first-order chi connectivity index (χ1) is 9.63. The Balaban J connectivity index is 2.15. The molecule has 2 heterocycles. The van der Waals surface area contributed by atoms with E-state index >= 15 is 0 Å². The average Bonchev–Trinajstić information content (AvgIpc) is 2.93. The lowest BCUT2D eigenvalue weighted by Crippen LogP contribution is -2.30. The summed E-state index contributed by atoms with van der Waals surface area (Å²) in [6, 6.07) is 3.96. The zero-order valence-corrected chi connectivity index (χ0v) is 11.9. The number of nitrogens with one attached hydrogen (secondary N) is 1. The standard InChI is InChI=1S/C13H20N6O/c1-9(2)19-5-4-10(18-19)6-12(17-14)11-7-13(20-3)16-8-15-11/h4-5,7-9,12,17H,6,14H2,1-3H3. The number of hydrogen-bond acceptors (Lipinski definition) is 6. The molecule has 0 spiro atoms. The zero-order valence-electron chi connectivity index (χ0n) is 11.9. The first-order valence-electron chi connectivity index (χ1n) is 6.50. The van der Waals surface area contributed by atoms with Crippen LogP contribution in [0.2, 0.25) is 0 Å². The normalized spacial score (nSPS) is 12.7. The van der Waals surface area contributed by atoms with E-state index in [-0.39, 0.29) is 6.04 Å². The Morgan fingerprint density at radius 2 is 2.20 bits per heavy atom. The number of rotatable bonds is 6. The van der Waals surface area contributed by atoms with Crippen LogP contribution in [-0.2, 0) is 6.42 Å². The van der Waals surface area contributed by atoms with Crippen molar-refractivity contribution in [2.75, 3.05) is 7.11 Å². The van der Waals surface area contributed by atoms with Crippen LogP contribution in [0.3, 0.4) is 0 Å². The third-order valence-electron chi connectivity index (χ3n) is 3.04. The number of hydrazine groups is 1. The molecule has 0 aromatic carbocycles. The van der Waals surface area contributed by atoms with Crippen LogP contribution in [0, 0.1) is 0 Å². The van der Waals surface area contributed by atoms with Crippen molar-refractivity contribution in [2.45, 2.75) is 32.4 Å². The van der Waals surface area contributed by atoms with E-state index < -0.39 is 0 Å². The maximum Gasteiger partial charge on any atom is 0.216 e. The highest BCUT2D eigenvalue weighted by molar-refractivity contribution is 5.18. The molecule has 2 aromatic heterocycles. The second-order valence-electron chi connectivity index (χ2n) is 4.79. The molecule has 2 rings (SSSR count). The Morgan fingerprint density at radius 3 is 2.80 bits per heavy atom. The topological polar surface area (TPSA) is 90.9 Å². The van der Waals surface area contributed by atoms with Crippen LogP contribution < -0.4 is 16.0 Å². The second-order valence-corrected chi connectivity index (χ2v) is 4.79. The number of nitrogens with two attached hydrogens (primary N) is 1. The Morgan fingerprint density at radius 1 is 1.40 bits per heavy atom. The lowest BCUT2D eigenvalue weighted by molar-refractivity contribution is 0.393. The summed E-state index contributed by atoms with van der Waals surface area (Å²) >= 11 is 0. The molecule has 108 valence electrons. The highest BCUT2D eigenvalue weighted by Crippen LogP contribution is 2.18. The third kappa shape index (κ3) is 3.31. The molecule has 0 aliphatic rings. The Bertz CT molecular complexity index is 553. The van der Waals surface area contributed by atoms with Gasteiger partial charge in [0, 0.05) is 24.7 Å². The van der Waals surface area contributed by atoms with Crippen LogP contribution >= 0.6 is 0 Å². The van der Waals surface area contributed by atoms with E-state index in [0.29, 0.717) is 18.3 Å². The van der Waals surface area contributed by atoms with Crippen molar-refractivity contribution in [1.82, 2.24) is 25.2 Å². The molecule has 7 nitrogen and oxygen atoms in total. The molecule has 20 heavy (non-hydrogen) atoms. The molecule has 0 radical (unpaired) electrons. The van der Waals surface area contributed by atoms with Crippen LogP contribution in [-0.4, -0.2) is 26.9 Å². The molecule has 0 saturated carbocycles. The van der Waals surface area contributed by atoms with Gasteiger partial charge in [-0.15, -0.1) is 0 Å². The summed E-state index contributed by atoms with van der Waals surface area (Å²) in [6.07, 6.45) is 4.08. The Kier molecular flexibility index (Phi) is 4.65. The Hall–Kier alpha value is -1.99. The lowest BCUT2D eigenvalue weighted by Gasteiger charge is -2.14. The molecular formula is C13H20N6O. The van der Waals surface area contributed by atoms with Crippen LogP contribution in [0.4, 0.5) is 0 Å². The van der Waals surface area contributed by atoms with Crippen molar-refractivity contribution in [3.63, 3.8) is 0 Å². The molecule has 3 N–H and O–H groups in total. The van der Waals surface area contributed by atoms with E-state index in [0.717, 1.165) is 11.4 Å². The Labute approximate surface area is 118 Å². The lowest BCUT2D eigenvalue weighted by atomic mass is 10.1. The fraction of sp³-hybridized carbons (Fsp3) is 0.462. The average molecular weight is 276 g/mol. The van der Waals surface area contributed by atoms with E-state index in [9.17, 15) is 0 Å². The highest BCUT2D eigenvalue weighted by atomic mass is 16.5. The van der Waals surface area contributed by atoms with Crippen molar-refractivity contribution in [2.24, 2.45) is 5.84 Å². The summed E-state index contributed by atoms with van der Waals surface area (Å²) < 4.78 is 7.02. The van der Waals surface area contributed by atoms with E-state index in [1.165, 1.54) is 6.33 Å². The van der Waals surface area contributed by atoms with Gasteiger partial charge in [-0.2, -0.15) is 5.10 Å². The van der Waals surface area contributed by atoms with Gasteiger partial charge in [0.2, 0.25) is 5.88 Å². The van der Waals surface area contributed by atoms with E-state index in [2.05, 4.69) is 34.3 Å². The molecule has 0 amide bonds. The van der Waals surface area contributed by atoms with Crippen LogP contribution in [0.25, 0.3) is 0 Å². The van der Waals surface area contributed by atoms with Gasteiger partial charge in [-0.3, -0.25) is 16.0 Å². The molecular weight excluding hydrogens is 256 g/mol. The molecule has 0 fully saturated rings. The summed E-state index contributed by atoms with van der Waals surface area (Å²) in [5.41, 5.74) is 4.50. The minimum absolute atomic E-state index is 0.137. The van der Waals surface area contributed by atoms with Crippen LogP contribution in [0.15, 0.2) is 24.7 Å². The summed E-state index contributed by atoms with van der Waals surface area (Å²) in [7, 11) is 1.57. The third-order valence-corrected chi connectivity index (χ3v) is 3.04. The van der Waals surface area contributed by atoms with E-state index in [1.54, 1.807) is 13.2 Å². The quantitative estimate of drug-likeness (QED) is 0.604. The summed E-state index contributed by atoms with van der Waals surface area (Å²) in [5.74, 6) is 6.14. The van der Waals surface area contributed by atoms with Gasteiger partial charge in [0.05, 0.1) is 24.5 Å². The summed E-state index contributed by atoms with van der Waals surface area (Å²) in [5, 5.41) is 4.51. The van der Waals surface area contributed by atoms with Crippen molar-refractivity contribution < 1.29 is 4.74 Å². The van der Waals surface area contributed by atoms with E-state index in [4.69, 9.17) is 10.6 Å². The fourth-order valence-corrected chi connectivity index (χ4v) is 1.89. The predicted octanol–water partition coefficient (Wildman–Crippen LogP) is 1.01. The first-order valence-corrected chi connectivity index (χ1v) is 6.50. The predicted molar refractivity (Wildman–Crippen MR) is 75.0 cm³/mol. The smallest absolute Gasteiger partial charge is 0.216 e. The number of ether oxygens (including phenoxy) is 1. The fourth-order valence-electron chi connectivity index (χ4n) is 1.89. The van der Waals surface area contributed by atoms with Crippen molar-refractivity contribution in [3.8, 4) is 5.88 Å². The zero-order chi connectivity index (χ0) is 14.5. The monoisotopic (exact) mass is 276 g/mol. The maximum atomic E-state index is 5.62. The van der Waals surface area contributed by atoms with Crippen LogP contribution in [0.5, 0.6) is 5.88 Å². The molecule has 1 atom stereocenters. The van der Waals surface area contributed by atoms with Gasteiger partial charge >= 0.3 is 0 Å². The van der Waals surface area contributed by atoms with Crippen LogP contribution in [0.1, 0.15) is 37.3 Å². The van der Waals surface area contributed by atoms with Gasteiger partial charge in [0.15, 0.2) is 0 Å². The molecule has 1 unspecified atom stereocenters. The van der Waals surface area contributed by atoms with E-state index in [1.807, 2.05) is 16.9 Å². The minimum Gasteiger partial charge on any atom is -0.481 e. The summed E-state index contributed by atoms with van der Waals surface area (Å²) in [4.78, 5) is 8.22. The number of aromatic nitrogens is 4. The largest absolute Gasteiger partial charge is 0.481 e. The number of hydrogen-bond donors (Lipinski definition) is 2. The SMILES string of the molecule is COc1cc(C(Cc2ccn(C(C)C)n2)NN)ncn1. The molecule has 2 aromatic rings. The maximum absolute atomic E-state index is 5.62. The molecule has 0 saturated heterocycles. The summed E-state index contributed by atoms with van der Waals surface area (Å²) in [6.45, 7) is 4.18. The number of methoxy groups -OCH3 is 1. The molecule has 0 bridgehead atoms. The minimum atomic E-state index is -0.137.